The number of hydrogen-bond acceptors (Lipinski definition) is 7. The van der Waals surface area contributed by atoms with Gasteiger partial charge in [-0.25, -0.2) is 18.4 Å². The minimum Gasteiger partial charge on any atom is -0.490 e. The van der Waals surface area contributed by atoms with Crippen LogP contribution in [0.2, 0.25) is 0 Å². The van der Waals surface area contributed by atoms with Gasteiger partial charge in [-0.3, -0.25) is 4.79 Å². The van der Waals surface area contributed by atoms with Crippen LogP contribution in [0, 0.1) is 5.92 Å². The summed E-state index contributed by atoms with van der Waals surface area (Å²) in [6, 6.07) is 5.62. The van der Waals surface area contributed by atoms with Gasteiger partial charge in [-0.1, -0.05) is 0 Å². The topological polar surface area (TPSA) is 125 Å². The Morgan fingerprint density at radius 2 is 1.83 bits per heavy atom. The van der Waals surface area contributed by atoms with E-state index in [1.165, 1.54) is 29.2 Å². The predicted octanol–water partition coefficient (Wildman–Crippen LogP) is 1.90. The second-order valence-corrected chi connectivity index (χ2v) is 9.36. The Hall–Kier alpha value is -2.33. The highest BCUT2D eigenvalue weighted by Gasteiger charge is 2.31. The molecule has 0 radical (unpaired) electrons. The standard InChI is InChI=1S/C19H28N2O7S/c1-19(2,3)28-18(23)21-10-4-5-14(13-21)17(22)27-12-11-26-15-6-8-16(9-7-15)29(20,24)25/h6-9,14H,4-5,10-13H2,1-3H3,(H2,20,24,25)/t14-/m1/s1. The number of primary sulfonamides is 1. The number of amides is 1. The Labute approximate surface area is 171 Å². The first kappa shape index (κ1) is 23.0. The molecular weight excluding hydrogens is 400 g/mol. The number of benzene rings is 1. The third-order valence-electron chi connectivity index (χ3n) is 4.16. The van der Waals surface area contributed by atoms with Gasteiger partial charge in [-0.2, -0.15) is 0 Å². The molecule has 2 rings (SSSR count). The van der Waals surface area contributed by atoms with Gasteiger partial charge in [0.05, 0.1) is 10.8 Å². The van der Waals surface area contributed by atoms with Gasteiger partial charge in [0.2, 0.25) is 10.0 Å². The summed E-state index contributed by atoms with van der Waals surface area (Å²) in [5.74, 6) is -0.348. The zero-order chi connectivity index (χ0) is 21.7. The highest BCUT2D eigenvalue weighted by Crippen LogP contribution is 2.20. The van der Waals surface area contributed by atoms with Crippen LogP contribution < -0.4 is 9.88 Å². The van der Waals surface area contributed by atoms with Crippen molar-refractivity contribution in [2.45, 2.75) is 44.1 Å². The molecule has 0 unspecified atom stereocenters. The molecular formula is C19H28N2O7S. The van der Waals surface area contributed by atoms with E-state index >= 15 is 0 Å². The maximum Gasteiger partial charge on any atom is 0.410 e. The first-order valence-electron chi connectivity index (χ1n) is 9.36. The molecule has 0 spiro atoms. The Morgan fingerprint density at radius 3 is 2.41 bits per heavy atom. The van der Waals surface area contributed by atoms with Gasteiger partial charge in [0.25, 0.3) is 0 Å². The second kappa shape index (κ2) is 9.45. The van der Waals surface area contributed by atoms with Gasteiger partial charge >= 0.3 is 12.1 Å². The van der Waals surface area contributed by atoms with Crippen LogP contribution in [0.5, 0.6) is 5.75 Å². The summed E-state index contributed by atoms with van der Waals surface area (Å²) in [5, 5.41) is 5.03. The maximum atomic E-state index is 12.3. The maximum absolute atomic E-state index is 12.3. The van der Waals surface area contributed by atoms with Crippen molar-refractivity contribution in [3.8, 4) is 5.75 Å². The van der Waals surface area contributed by atoms with Crippen molar-refractivity contribution in [1.82, 2.24) is 4.90 Å². The third-order valence-corrected chi connectivity index (χ3v) is 5.08. The number of nitrogens with zero attached hydrogens (tertiary/aromatic N) is 1. The number of esters is 1. The molecule has 1 heterocycles. The summed E-state index contributed by atoms with van der Waals surface area (Å²) >= 11 is 0. The molecule has 10 heteroatoms. The number of sulfonamides is 1. The molecule has 1 atom stereocenters. The summed E-state index contributed by atoms with van der Waals surface area (Å²) in [7, 11) is -3.75. The van der Waals surface area contributed by atoms with Gasteiger partial charge in [0.15, 0.2) is 0 Å². The van der Waals surface area contributed by atoms with E-state index in [1.54, 1.807) is 20.8 Å². The summed E-state index contributed by atoms with van der Waals surface area (Å²) < 4.78 is 38.5. The fraction of sp³-hybridized carbons (Fsp3) is 0.579. The van der Waals surface area contributed by atoms with E-state index in [1.807, 2.05) is 0 Å². The lowest BCUT2D eigenvalue weighted by molar-refractivity contribution is -0.151. The van der Waals surface area contributed by atoms with E-state index in [0.29, 0.717) is 25.1 Å². The first-order valence-corrected chi connectivity index (χ1v) is 10.9. The molecule has 1 aromatic rings. The van der Waals surface area contributed by atoms with Crippen LogP contribution in [0.3, 0.4) is 0 Å². The zero-order valence-corrected chi connectivity index (χ0v) is 17.7. The summed E-state index contributed by atoms with van der Waals surface area (Å²) in [6.45, 7) is 6.36. The Morgan fingerprint density at radius 1 is 1.17 bits per heavy atom. The highest BCUT2D eigenvalue weighted by molar-refractivity contribution is 7.89. The van der Waals surface area contributed by atoms with Crippen LogP contribution in [0.4, 0.5) is 4.79 Å². The third kappa shape index (κ3) is 7.54. The van der Waals surface area contributed by atoms with E-state index in [-0.39, 0.29) is 30.6 Å². The Kier molecular flexibility index (Phi) is 7.48. The van der Waals surface area contributed by atoms with E-state index in [0.717, 1.165) is 0 Å². The molecule has 9 nitrogen and oxygen atoms in total. The SMILES string of the molecule is CC(C)(C)OC(=O)N1CCC[C@@H](C(=O)OCCOc2ccc(S(N)(=O)=O)cc2)C1. The predicted molar refractivity (Wildman–Crippen MR) is 105 cm³/mol. The molecule has 0 aliphatic carbocycles. The minimum atomic E-state index is -3.75. The van der Waals surface area contributed by atoms with Crippen molar-refractivity contribution < 1.29 is 32.2 Å². The number of carbonyl (C=O) groups excluding carboxylic acids is 2. The quantitative estimate of drug-likeness (QED) is 0.542. The lowest BCUT2D eigenvalue weighted by Crippen LogP contribution is -2.45. The number of ether oxygens (including phenoxy) is 3. The van der Waals surface area contributed by atoms with Crippen LogP contribution in [0.25, 0.3) is 0 Å². The molecule has 162 valence electrons. The monoisotopic (exact) mass is 428 g/mol. The second-order valence-electron chi connectivity index (χ2n) is 7.80. The fourth-order valence-corrected chi connectivity index (χ4v) is 3.32. The lowest BCUT2D eigenvalue weighted by Gasteiger charge is -2.33. The van der Waals surface area contributed by atoms with Crippen LogP contribution in [-0.4, -0.2) is 57.3 Å². The summed E-state index contributed by atoms with van der Waals surface area (Å²) in [6.07, 6.45) is 0.918. The van der Waals surface area contributed by atoms with Crippen molar-refractivity contribution in [2.24, 2.45) is 11.1 Å². The number of nitrogens with two attached hydrogens (primary N) is 1. The van der Waals surface area contributed by atoms with Gasteiger partial charge in [-0.15, -0.1) is 0 Å². The number of rotatable bonds is 6. The van der Waals surface area contributed by atoms with Crippen molar-refractivity contribution in [3.05, 3.63) is 24.3 Å². The molecule has 0 saturated carbocycles. The molecule has 0 aromatic heterocycles. The Balaban J connectivity index is 1.75. The average molecular weight is 429 g/mol. The molecule has 1 aromatic carbocycles. The first-order chi connectivity index (χ1) is 13.5. The fourth-order valence-electron chi connectivity index (χ4n) is 2.81. The minimum absolute atomic E-state index is 0.0110. The summed E-state index contributed by atoms with van der Waals surface area (Å²) in [5.41, 5.74) is -0.589. The van der Waals surface area contributed by atoms with Gasteiger partial charge < -0.3 is 19.1 Å². The van der Waals surface area contributed by atoms with Crippen LogP contribution in [0.1, 0.15) is 33.6 Å². The molecule has 1 amide bonds. The van der Waals surface area contributed by atoms with Crippen molar-refractivity contribution in [1.29, 1.82) is 0 Å². The van der Waals surface area contributed by atoms with E-state index in [4.69, 9.17) is 19.3 Å². The van der Waals surface area contributed by atoms with Gasteiger partial charge in [0, 0.05) is 13.1 Å². The molecule has 1 fully saturated rings. The molecule has 2 N–H and O–H groups in total. The van der Waals surface area contributed by atoms with Gasteiger partial charge in [-0.05, 0) is 57.9 Å². The van der Waals surface area contributed by atoms with E-state index in [9.17, 15) is 18.0 Å². The van der Waals surface area contributed by atoms with Gasteiger partial charge in [0.1, 0.15) is 24.6 Å². The number of likely N-dealkylation sites (tertiary alicyclic amines) is 1. The largest absolute Gasteiger partial charge is 0.490 e. The number of piperidine rings is 1. The highest BCUT2D eigenvalue weighted by atomic mass is 32.2. The average Bonchev–Trinajstić information content (AvgIpc) is 2.63. The molecule has 29 heavy (non-hydrogen) atoms. The van der Waals surface area contributed by atoms with E-state index in [2.05, 4.69) is 0 Å². The smallest absolute Gasteiger partial charge is 0.410 e. The molecule has 1 aliphatic rings. The Bertz CT molecular complexity index is 816. The number of hydrogen-bond donors (Lipinski definition) is 1. The van der Waals surface area contributed by atoms with Crippen LogP contribution >= 0.6 is 0 Å². The molecule has 0 bridgehead atoms. The van der Waals surface area contributed by atoms with Crippen LogP contribution in [0.15, 0.2) is 29.2 Å². The number of carbonyl (C=O) groups is 2. The zero-order valence-electron chi connectivity index (χ0n) is 16.9. The van der Waals surface area contributed by atoms with Crippen molar-refractivity contribution in [2.75, 3.05) is 26.3 Å². The molecule has 1 saturated heterocycles. The van der Waals surface area contributed by atoms with Crippen molar-refractivity contribution in [3.63, 3.8) is 0 Å². The summed E-state index contributed by atoms with van der Waals surface area (Å²) in [4.78, 5) is 26.0. The van der Waals surface area contributed by atoms with Crippen molar-refractivity contribution >= 4 is 22.1 Å². The normalized spacial score (nSPS) is 17.5. The van der Waals surface area contributed by atoms with E-state index < -0.39 is 27.6 Å². The van der Waals surface area contributed by atoms with Crippen LogP contribution in [-0.2, 0) is 24.3 Å². The molecule has 1 aliphatic heterocycles. The lowest BCUT2D eigenvalue weighted by atomic mass is 9.98.